The van der Waals surface area contributed by atoms with Gasteiger partial charge in [0.1, 0.15) is 15.2 Å². The molecule has 0 saturated carbocycles. The lowest BCUT2D eigenvalue weighted by Crippen LogP contribution is -1.98. The Kier molecular flexibility index (Phi) is 3.18. The average molecular weight is 243 g/mol. The number of hydrogen-bond donors (Lipinski definition) is 1. The lowest BCUT2D eigenvalue weighted by atomic mass is 10.3. The zero-order chi connectivity index (χ0) is 10.7. The highest BCUT2D eigenvalue weighted by molar-refractivity contribution is 7.15. The molecule has 1 N–H and O–H groups in total. The van der Waals surface area contributed by atoms with Crippen LogP contribution in [0.15, 0.2) is 30.5 Å². The van der Waals surface area contributed by atoms with Gasteiger partial charge in [-0.3, -0.25) is 0 Å². The first-order valence-corrected chi connectivity index (χ1v) is 5.53. The van der Waals surface area contributed by atoms with Gasteiger partial charge in [0.25, 0.3) is 0 Å². The zero-order valence-electron chi connectivity index (χ0n) is 7.71. The molecule has 0 fully saturated rings. The van der Waals surface area contributed by atoms with Gasteiger partial charge in [-0.25, -0.2) is 9.37 Å². The molecule has 0 saturated heterocycles. The Morgan fingerprint density at radius 1 is 1.33 bits per heavy atom. The lowest BCUT2D eigenvalue weighted by Gasteiger charge is -2.02. The van der Waals surface area contributed by atoms with E-state index in [1.165, 1.54) is 23.5 Å². The second kappa shape index (κ2) is 4.59. The van der Waals surface area contributed by atoms with Crippen molar-refractivity contribution in [3.8, 4) is 0 Å². The normalized spacial score (nSPS) is 10.3. The van der Waals surface area contributed by atoms with Gasteiger partial charge in [-0.1, -0.05) is 11.6 Å². The van der Waals surface area contributed by atoms with Crippen molar-refractivity contribution in [1.82, 2.24) is 4.98 Å². The van der Waals surface area contributed by atoms with E-state index in [-0.39, 0.29) is 5.82 Å². The van der Waals surface area contributed by atoms with Gasteiger partial charge >= 0.3 is 0 Å². The fraction of sp³-hybridized carbons (Fsp3) is 0.100. The fourth-order valence-electron chi connectivity index (χ4n) is 1.12. The van der Waals surface area contributed by atoms with Crippen molar-refractivity contribution in [1.29, 1.82) is 0 Å². The largest absolute Gasteiger partial charge is 0.379 e. The van der Waals surface area contributed by atoms with E-state index in [4.69, 9.17) is 11.6 Å². The standard InChI is InChI=1S/C10H8ClFN2S/c11-9-5-14-10(15-9)6-13-8-3-1-7(12)2-4-8/h1-5,13H,6H2. The molecule has 0 radical (unpaired) electrons. The molecule has 0 aliphatic heterocycles. The molecule has 1 aromatic heterocycles. The minimum absolute atomic E-state index is 0.238. The van der Waals surface area contributed by atoms with Gasteiger partial charge in [-0.05, 0) is 24.3 Å². The third kappa shape index (κ3) is 2.91. The van der Waals surface area contributed by atoms with Gasteiger partial charge in [0.05, 0.1) is 12.7 Å². The topological polar surface area (TPSA) is 24.9 Å². The van der Waals surface area contributed by atoms with Crippen LogP contribution < -0.4 is 5.32 Å². The van der Waals surface area contributed by atoms with Crippen LogP contribution in [0.4, 0.5) is 10.1 Å². The van der Waals surface area contributed by atoms with Crippen molar-refractivity contribution in [3.63, 3.8) is 0 Å². The maximum absolute atomic E-state index is 12.6. The summed E-state index contributed by atoms with van der Waals surface area (Å²) in [5.74, 6) is -0.238. The van der Waals surface area contributed by atoms with Crippen LogP contribution in [0.5, 0.6) is 0 Å². The highest BCUT2D eigenvalue weighted by atomic mass is 35.5. The predicted octanol–water partition coefficient (Wildman–Crippen LogP) is 3.55. The van der Waals surface area contributed by atoms with E-state index in [2.05, 4.69) is 10.3 Å². The van der Waals surface area contributed by atoms with Gasteiger partial charge < -0.3 is 5.32 Å². The van der Waals surface area contributed by atoms with Crippen molar-refractivity contribution in [2.24, 2.45) is 0 Å². The van der Waals surface area contributed by atoms with Crippen molar-refractivity contribution in [2.45, 2.75) is 6.54 Å². The van der Waals surface area contributed by atoms with Crippen LogP contribution >= 0.6 is 22.9 Å². The molecule has 2 nitrogen and oxygen atoms in total. The molecule has 1 heterocycles. The first-order valence-electron chi connectivity index (χ1n) is 4.34. The number of halogens is 2. The monoisotopic (exact) mass is 242 g/mol. The van der Waals surface area contributed by atoms with Gasteiger partial charge in [0.2, 0.25) is 0 Å². The van der Waals surface area contributed by atoms with Crippen LogP contribution in [-0.4, -0.2) is 4.98 Å². The summed E-state index contributed by atoms with van der Waals surface area (Å²) >= 11 is 7.17. The molecule has 0 bridgehead atoms. The summed E-state index contributed by atoms with van der Waals surface area (Å²) in [5, 5.41) is 4.03. The summed E-state index contributed by atoms with van der Waals surface area (Å²) in [5.41, 5.74) is 0.864. The second-order valence-electron chi connectivity index (χ2n) is 2.92. The van der Waals surface area contributed by atoms with E-state index >= 15 is 0 Å². The highest BCUT2D eigenvalue weighted by Gasteiger charge is 1.99. The summed E-state index contributed by atoms with van der Waals surface area (Å²) in [6.45, 7) is 0.600. The molecule has 1 aromatic carbocycles. The number of nitrogens with one attached hydrogen (secondary N) is 1. The van der Waals surface area contributed by atoms with Crippen molar-refractivity contribution in [3.05, 3.63) is 45.6 Å². The van der Waals surface area contributed by atoms with Gasteiger partial charge in [-0.15, -0.1) is 11.3 Å². The van der Waals surface area contributed by atoms with Crippen LogP contribution in [0.25, 0.3) is 0 Å². The number of rotatable bonds is 3. The van der Waals surface area contributed by atoms with Crippen LogP contribution in [0.2, 0.25) is 4.34 Å². The Labute approximate surface area is 95.7 Å². The molecule has 2 aromatic rings. The first kappa shape index (κ1) is 10.4. The first-order chi connectivity index (χ1) is 7.24. The molecule has 2 rings (SSSR count). The summed E-state index contributed by atoms with van der Waals surface area (Å²) in [6, 6.07) is 6.20. The lowest BCUT2D eigenvalue weighted by molar-refractivity contribution is 0.628. The molecule has 78 valence electrons. The zero-order valence-corrected chi connectivity index (χ0v) is 9.28. The molecule has 0 spiro atoms. The Balaban J connectivity index is 1.96. The third-order valence-corrected chi connectivity index (χ3v) is 2.93. The van der Waals surface area contributed by atoms with Crippen molar-refractivity contribution >= 4 is 28.6 Å². The van der Waals surface area contributed by atoms with Crippen molar-refractivity contribution in [2.75, 3.05) is 5.32 Å². The smallest absolute Gasteiger partial charge is 0.123 e. The summed E-state index contributed by atoms with van der Waals surface area (Å²) in [7, 11) is 0. The van der Waals surface area contributed by atoms with E-state index < -0.39 is 0 Å². The van der Waals surface area contributed by atoms with Crippen LogP contribution in [-0.2, 0) is 6.54 Å². The quantitative estimate of drug-likeness (QED) is 0.891. The van der Waals surface area contributed by atoms with Crippen LogP contribution in [0.1, 0.15) is 5.01 Å². The number of benzene rings is 1. The minimum Gasteiger partial charge on any atom is -0.379 e. The molecule has 0 atom stereocenters. The van der Waals surface area contributed by atoms with E-state index in [1.54, 1.807) is 18.3 Å². The Hall–Kier alpha value is -1.13. The Morgan fingerprint density at radius 3 is 2.67 bits per heavy atom. The van der Waals surface area contributed by atoms with Gasteiger partial charge in [0, 0.05) is 5.69 Å². The molecule has 0 amide bonds. The SMILES string of the molecule is Fc1ccc(NCc2ncc(Cl)s2)cc1. The molecule has 0 unspecified atom stereocenters. The number of aromatic nitrogens is 1. The number of nitrogens with zero attached hydrogens (tertiary/aromatic N) is 1. The third-order valence-electron chi connectivity index (χ3n) is 1.81. The fourth-order valence-corrected chi connectivity index (χ4v) is 2.01. The molecule has 0 aliphatic rings. The van der Waals surface area contributed by atoms with E-state index in [9.17, 15) is 4.39 Å². The Bertz CT molecular complexity index is 441. The molecule has 0 aliphatic carbocycles. The highest BCUT2D eigenvalue weighted by Crippen LogP contribution is 2.19. The maximum atomic E-state index is 12.6. The Morgan fingerprint density at radius 2 is 2.07 bits per heavy atom. The van der Waals surface area contributed by atoms with Gasteiger partial charge in [-0.2, -0.15) is 0 Å². The summed E-state index contributed by atoms with van der Waals surface area (Å²) in [4.78, 5) is 4.10. The molecule has 15 heavy (non-hydrogen) atoms. The maximum Gasteiger partial charge on any atom is 0.123 e. The minimum atomic E-state index is -0.238. The van der Waals surface area contributed by atoms with E-state index in [0.29, 0.717) is 10.9 Å². The molecular formula is C10H8ClFN2S. The average Bonchev–Trinajstić information content (AvgIpc) is 2.64. The van der Waals surface area contributed by atoms with Gasteiger partial charge in [0.15, 0.2) is 0 Å². The number of thiazole rings is 1. The van der Waals surface area contributed by atoms with Crippen LogP contribution in [0.3, 0.4) is 0 Å². The summed E-state index contributed by atoms with van der Waals surface area (Å²) in [6.07, 6.45) is 1.62. The number of anilines is 1. The summed E-state index contributed by atoms with van der Waals surface area (Å²) < 4.78 is 13.3. The second-order valence-corrected chi connectivity index (χ2v) is 4.67. The molecule has 5 heteroatoms. The number of hydrogen-bond acceptors (Lipinski definition) is 3. The predicted molar refractivity (Wildman–Crippen MR) is 60.9 cm³/mol. The van der Waals surface area contributed by atoms with E-state index in [1.807, 2.05) is 0 Å². The van der Waals surface area contributed by atoms with E-state index in [0.717, 1.165) is 10.7 Å². The van der Waals surface area contributed by atoms with Crippen molar-refractivity contribution < 1.29 is 4.39 Å². The molecular weight excluding hydrogens is 235 g/mol. The van der Waals surface area contributed by atoms with Crippen LogP contribution in [0, 0.1) is 5.82 Å².